The van der Waals surface area contributed by atoms with E-state index in [0.717, 1.165) is 6.92 Å². The van der Waals surface area contributed by atoms with E-state index in [1.807, 2.05) is 0 Å². The van der Waals surface area contributed by atoms with E-state index < -0.39 is 18.2 Å². The first kappa shape index (κ1) is 17.3. The Morgan fingerprint density at radius 1 is 1.42 bits per heavy atom. The van der Waals surface area contributed by atoms with Gasteiger partial charge in [-0.3, -0.25) is 4.79 Å². The Kier molecular flexibility index (Phi) is 4.50. The molecule has 1 heterocycles. The lowest BCUT2D eigenvalue weighted by Crippen LogP contribution is -2.25. The van der Waals surface area contributed by atoms with Crippen LogP contribution in [0.2, 0.25) is 0 Å². The van der Waals surface area contributed by atoms with Crippen LogP contribution in [0.5, 0.6) is 0 Å². The number of halogens is 3. The van der Waals surface area contributed by atoms with Crippen LogP contribution in [-0.4, -0.2) is 27.0 Å². The average molecular weight is 338 g/mol. The van der Waals surface area contributed by atoms with Gasteiger partial charge in [0.05, 0.1) is 6.42 Å². The molecular weight excluding hydrogens is 325 g/mol. The van der Waals surface area contributed by atoms with Crippen LogP contribution in [-0.2, 0) is 11.2 Å². The van der Waals surface area contributed by atoms with Gasteiger partial charge in [-0.1, -0.05) is 24.3 Å². The van der Waals surface area contributed by atoms with Crippen LogP contribution in [0.4, 0.5) is 19.0 Å². The first-order chi connectivity index (χ1) is 11.1. The summed E-state index contributed by atoms with van der Waals surface area (Å²) in [6, 6.07) is 5.78. The summed E-state index contributed by atoms with van der Waals surface area (Å²) >= 11 is 0. The Labute approximate surface area is 134 Å². The molecule has 0 amide bonds. The van der Waals surface area contributed by atoms with Crippen molar-refractivity contribution >= 4 is 11.8 Å². The fourth-order valence-electron chi connectivity index (χ4n) is 2.15. The molecule has 3 N–H and O–H groups in total. The number of nitriles is 1. The summed E-state index contributed by atoms with van der Waals surface area (Å²) in [4.78, 5) is 10.7. The van der Waals surface area contributed by atoms with Gasteiger partial charge in [0.1, 0.15) is 29.2 Å². The van der Waals surface area contributed by atoms with Gasteiger partial charge in [-0.05, 0) is 12.5 Å². The van der Waals surface area contributed by atoms with Gasteiger partial charge >= 0.3 is 12.1 Å². The van der Waals surface area contributed by atoms with E-state index in [4.69, 9.17) is 10.8 Å². The second-order valence-corrected chi connectivity index (χ2v) is 5.15. The topological polar surface area (TPSA) is 105 Å². The highest BCUT2D eigenvalue weighted by molar-refractivity contribution is 5.74. The fourth-order valence-corrected chi connectivity index (χ4v) is 2.15. The van der Waals surface area contributed by atoms with E-state index in [1.165, 1.54) is 24.3 Å². The standard InChI is InChI=1S/C15H13F3N4O2/c1-8(15(16,17)18)22-14(20)11(7-19)13(21-22)10-4-2-9(3-5-10)6-12(23)24/h2-5,8H,6,20H2,1H3,(H,23,24)/t8-/m0/s1. The van der Waals surface area contributed by atoms with Crippen LogP contribution in [0.3, 0.4) is 0 Å². The molecule has 0 aliphatic carbocycles. The lowest BCUT2D eigenvalue weighted by molar-refractivity contribution is -0.164. The van der Waals surface area contributed by atoms with Crippen LogP contribution in [0.25, 0.3) is 11.3 Å². The molecule has 0 aliphatic rings. The smallest absolute Gasteiger partial charge is 0.410 e. The molecule has 6 nitrogen and oxygen atoms in total. The van der Waals surface area contributed by atoms with Gasteiger partial charge in [0.2, 0.25) is 0 Å². The molecule has 0 spiro atoms. The zero-order chi connectivity index (χ0) is 18.1. The van der Waals surface area contributed by atoms with Crippen molar-refractivity contribution in [1.29, 1.82) is 5.26 Å². The van der Waals surface area contributed by atoms with Gasteiger partial charge in [-0.15, -0.1) is 0 Å². The maximum absolute atomic E-state index is 12.9. The number of alkyl halides is 3. The largest absolute Gasteiger partial charge is 0.481 e. The number of nitrogen functional groups attached to an aromatic ring is 1. The van der Waals surface area contributed by atoms with Crippen molar-refractivity contribution in [3.8, 4) is 17.3 Å². The van der Waals surface area contributed by atoms with Crippen molar-refractivity contribution in [3.05, 3.63) is 35.4 Å². The summed E-state index contributed by atoms with van der Waals surface area (Å²) in [6.07, 6.45) is -4.75. The monoisotopic (exact) mass is 338 g/mol. The number of carboxylic acids is 1. The van der Waals surface area contributed by atoms with E-state index in [-0.39, 0.29) is 23.5 Å². The molecule has 24 heavy (non-hydrogen) atoms. The van der Waals surface area contributed by atoms with Gasteiger partial charge in [0.25, 0.3) is 0 Å². The molecule has 1 aromatic heterocycles. The van der Waals surface area contributed by atoms with Crippen molar-refractivity contribution in [2.45, 2.75) is 25.6 Å². The number of nitrogens with two attached hydrogens (primary N) is 1. The number of hydrogen-bond acceptors (Lipinski definition) is 4. The number of carboxylic acid groups (broad SMARTS) is 1. The van der Waals surface area contributed by atoms with Gasteiger partial charge in [-0.2, -0.15) is 23.5 Å². The molecular formula is C15H13F3N4O2. The molecule has 1 aromatic carbocycles. The van der Waals surface area contributed by atoms with Crippen molar-refractivity contribution in [1.82, 2.24) is 9.78 Å². The van der Waals surface area contributed by atoms with Crippen molar-refractivity contribution in [3.63, 3.8) is 0 Å². The van der Waals surface area contributed by atoms with Gasteiger partial charge in [0, 0.05) is 5.56 Å². The molecule has 0 saturated heterocycles. The quantitative estimate of drug-likeness (QED) is 0.892. The fraction of sp³-hybridized carbons (Fsp3) is 0.267. The number of aromatic nitrogens is 2. The van der Waals surface area contributed by atoms with Crippen molar-refractivity contribution in [2.24, 2.45) is 0 Å². The summed E-state index contributed by atoms with van der Waals surface area (Å²) in [5, 5.41) is 21.8. The second kappa shape index (κ2) is 6.23. The van der Waals surface area contributed by atoms with E-state index >= 15 is 0 Å². The van der Waals surface area contributed by atoms with E-state index in [0.29, 0.717) is 15.8 Å². The van der Waals surface area contributed by atoms with Crippen molar-refractivity contribution < 1.29 is 23.1 Å². The van der Waals surface area contributed by atoms with Gasteiger partial charge in [-0.25, -0.2) is 4.68 Å². The number of anilines is 1. The summed E-state index contributed by atoms with van der Waals surface area (Å²) < 4.78 is 39.2. The lowest BCUT2D eigenvalue weighted by Gasteiger charge is -2.16. The van der Waals surface area contributed by atoms with Crippen LogP contribution in [0.1, 0.15) is 24.1 Å². The van der Waals surface area contributed by atoms with Crippen LogP contribution < -0.4 is 5.73 Å². The van der Waals surface area contributed by atoms with Crippen LogP contribution >= 0.6 is 0 Å². The number of carbonyl (C=O) groups is 1. The molecule has 9 heteroatoms. The predicted molar refractivity (Wildman–Crippen MR) is 78.9 cm³/mol. The zero-order valence-corrected chi connectivity index (χ0v) is 12.5. The lowest BCUT2D eigenvalue weighted by atomic mass is 10.0. The number of aliphatic carboxylic acids is 1. The minimum Gasteiger partial charge on any atom is -0.481 e. The summed E-state index contributed by atoms with van der Waals surface area (Å²) in [6.45, 7) is 0.893. The number of nitrogens with zero attached hydrogens (tertiary/aromatic N) is 3. The second-order valence-electron chi connectivity index (χ2n) is 5.15. The van der Waals surface area contributed by atoms with E-state index in [2.05, 4.69) is 5.10 Å². The van der Waals surface area contributed by atoms with Gasteiger partial charge < -0.3 is 10.8 Å². The minimum atomic E-state index is -4.56. The molecule has 0 saturated carbocycles. The Morgan fingerprint density at radius 3 is 2.46 bits per heavy atom. The zero-order valence-electron chi connectivity index (χ0n) is 12.5. The van der Waals surface area contributed by atoms with E-state index in [9.17, 15) is 23.2 Å². The normalized spacial score (nSPS) is 12.6. The third kappa shape index (κ3) is 3.32. The Bertz CT molecular complexity index is 804. The Hall–Kier alpha value is -3.02. The third-order valence-corrected chi connectivity index (χ3v) is 3.48. The van der Waals surface area contributed by atoms with E-state index in [1.54, 1.807) is 6.07 Å². The first-order valence-corrected chi connectivity index (χ1v) is 6.81. The van der Waals surface area contributed by atoms with Crippen LogP contribution in [0, 0.1) is 11.3 Å². The highest BCUT2D eigenvalue weighted by Crippen LogP contribution is 2.35. The SMILES string of the molecule is C[C@H](n1nc(-c2ccc(CC(=O)O)cc2)c(C#N)c1N)C(F)(F)F. The van der Waals surface area contributed by atoms with Crippen molar-refractivity contribution in [2.75, 3.05) is 5.73 Å². The maximum Gasteiger partial charge on any atom is 0.410 e. The average Bonchev–Trinajstić information content (AvgIpc) is 2.82. The summed E-state index contributed by atoms with van der Waals surface area (Å²) in [5.41, 5.74) is 6.40. The molecule has 1 atom stereocenters. The van der Waals surface area contributed by atoms with Crippen LogP contribution in [0.15, 0.2) is 24.3 Å². The molecule has 0 radical (unpaired) electrons. The molecule has 2 aromatic rings. The predicted octanol–water partition coefficient (Wildman–Crippen LogP) is 2.75. The highest BCUT2D eigenvalue weighted by atomic mass is 19.4. The molecule has 0 aliphatic heterocycles. The molecule has 0 bridgehead atoms. The summed E-state index contributed by atoms with van der Waals surface area (Å²) in [7, 11) is 0. The Morgan fingerprint density at radius 2 is 2.00 bits per heavy atom. The molecule has 0 fully saturated rings. The number of benzene rings is 1. The first-order valence-electron chi connectivity index (χ1n) is 6.81. The Balaban J connectivity index is 2.48. The van der Waals surface area contributed by atoms with Gasteiger partial charge in [0.15, 0.2) is 0 Å². The molecule has 0 unspecified atom stereocenters. The number of rotatable bonds is 4. The third-order valence-electron chi connectivity index (χ3n) is 3.48. The molecule has 2 rings (SSSR count). The minimum absolute atomic E-state index is 0.0213. The number of hydrogen-bond donors (Lipinski definition) is 2. The highest BCUT2D eigenvalue weighted by Gasteiger charge is 2.40. The maximum atomic E-state index is 12.9. The summed E-state index contributed by atoms with van der Waals surface area (Å²) in [5.74, 6) is -1.38. The molecule has 126 valence electrons.